The number of nitrogens with zero attached hydrogens (tertiary/aromatic N) is 2. The molecule has 0 bridgehead atoms. The fourth-order valence-electron chi connectivity index (χ4n) is 4.06. The van der Waals surface area contributed by atoms with Crippen LogP contribution in [-0.2, 0) is 18.7 Å². The van der Waals surface area contributed by atoms with Crippen molar-refractivity contribution in [3.63, 3.8) is 0 Å². The Morgan fingerprint density at radius 2 is 1.89 bits per heavy atom. The summed E-state index contributed by atoms with van der Waals surface area (Å²) in [7, 11) is 2.06. The van der Waals surface area contributed by atoms with E-state index in [-0.39, 0.29) is 0 Å². The average Bonchev–Trinajstić information content (AvgIpc) is 2.89. The van der Waals surface area contributed by atoms with Crippen LogP contribution in [0, 0.1) is 11.6 Å². The minimum Gasteiger partial charge on any atom is -0.492 e. The summed E-state index contributed by atoms with van der Waals surface area (Å²) in [5, 5.41) is 11.1. The van der Waals surface area contributed by atoms with E-state index >= 15 is 0 Å². The molecule has 2 aliphatic heterocycles. The van der Waals surface area contributed by atoms with Gasteiger partial charge in [0.1, 0.15) is 12.4 Å². The second-order valence-electron chi connectivity index (χ2n) is 7.93. The number of hydrogen-bond acceptors (Lipinski definition) is 4. The average molecular weight is 388 g/mol. The van der Waals surface area contributed by atoms with Crippen molar-refractivity contribution in [2.75, 3.05) is 33.3 Å². The molecular formula is C22H26F2N2O2. The molecule has 1 fully saturated rings. The Morgan fingerprint density at radius 1 is 1.11 bits per heavy atom. The predicted molar refractivity (Wildman–Crippen MR) is 103 cm³/mol. The van der Waals surface area contributed by atoms with Gasteiger partial charge in [0.2, 0.25) is 0 Å². The van der Waals surface area contributed by atoms with E-state index in [1.165, 1.54) is 6.07 Å². The Morgan fingerprint density at radius 3 is 2.68 bits per heavy atom. The van der Waals surface area contributed by atoms with E-state index < -0.39 is 17.2 Å². The van der Waals surface area contributed by atoms with Crippen molar-refractivity contribution in [3.05, 3.63) is 64.7 Å². The van der Waals surface area contributed by atoms with Crippen LogP contribution >= 0.6 is 0 Å². The molecule has 2 heterocycles. The Balaban J connectivity index is 1.56. The fraction of sp³-hybridized carbons (Fsp3) is 0.455. The van der Waals surface area contributed by atoms with Gasteiger partial charge >= 0.3 is 0 Å². The van der Waals surface area contributed by atoms with Crippen LogP contribution in [0.25, 0.3) is 0 Å². The van der Waals surface area contributed by atoms with Gasteiger partial charge in [-0.3, -0.25) is 4.90 Å². The Hall–Kier alpha value is -2.02. The molecule has 6 heteroatoms. The molecule has 0 aromatic heterocycles. The smallest absolute Gasteiger partial charge is 0.163 e. The molecule has 2 aromatic carbocycles. The third-order valence-corrected chi connectivity index (χ3v) is 5.90. The number of halogens is 2. The predicted octanol–water partition coefficient (Wildman–Crippen LogP) is 3.27. The van der Waals surface area contributed by atoms with Gasteiger partial charge in [0.15, 0.2) is 11.6 Å². The molecule has 0 unspecified atom stereocenters. The van der Waals surface area contributed by atoms with E-state index in [0.29, 0.717) is 44.6 Å². The quantitative estimate of drug-likeness (QED) is 0.876. The van der Waals surface area contributed by atoms with Gasteiger partial charge in [-0.25, -0.2) is 8.78 Å². The van der Waals surface area contributed by atoms with E-state index in [0.717, 1.165) is 36.0 Å². The zero-order chi connectivity index (χ0) is 19.7. The van der Waals surface area contributed by atoms with Crippen LogP contribution in [0.1, 0.15) is 29.5 Å². The third kappa shape index (κ3) is 3.90. The van der Waals surface area contributed by atoms with Gasteiger partial charge < -0.3 is 14.7 Å². The van der Waals surface area contributed by atoms with Crippen LogP contribution in [0.5, 0.6) is 5.75 Å². The Bertz CT molecular complexity index is 850. The first-order valence-corrected chi connectivity index (χ1v) is 9.77. The minimum absolute atomic E-state index is 0.311. The van der Waals surface area contributed by atoms with Gasteiger partial charge in [0.25, 0.3) is 0 Å². The molecule has 4 rings (SSSR count). The van der Waals surface area contributed by atoms with Gasteiger partial charge in [-0.15, -0.1) is 0 Å². The molecule has 2 aliphatic rings. The lowest BCUT2D eigenvalue weighted by Gasteiger charge is -2.37. The van der Waals surface area contributed by atoms with Crippen molar-refractivity contribution < 1.29 is 18.6 Å². The molecule has 0 spiro atoms. The molecule has 0 amide bonds. The SMILES string of the molecule is CN1CCC(O)(c2ccc3c(c2)CN(Cc2cccc(F)c2F)CCO3)CC1. The van der Waals surface area contributed by atoms with Crippen molar-refractivity contribution in [3.8, 4) is 5.75 Å². The number of aliphatic hydroxyl groups is 1. The first-order chi connectivity index (χ1) is 13.4. The highest BCUT2D eigenvalue weighted by atomic mass is 19.2. The van der Waals surface area contributed by atoms with E-state index in [9.17, 15) is 13.9 Å². The summed E-state index contributed by atoms with van der Waals surface area (Å²) in [4.78, 5) is 4.27. The minimum atomic E-state index is -0.826. The van der Waals surface area contributed by atoms with E-state index in [1.54, 1.807) is 6.07 Å². The van der Waals surface area contributed by atoms with Gasteiger partial charge in [0, 0.05) is 43.9 Å². The maximum absolute atomic E-state index is 14.1. The molecule has 28 heavy (non-hydrogen) atoms. The van der Waals surface area contributed by atoms with Gasteiger partial charge in [0.05, 0.1) is 5.60 Å². The highest BCUT2D eigenvalue weighted by Gasteiger charge is 2.33. The molecular weight excluding hydrogens is 362 g/mol. The standard InChI is InChI=1S/C22H26F2N2O2/c1-25-9-7-22(27,8-10-25)18-5-6-20-17(13-18)15-26(11-12-28-20)14-16-3-2-4-19(23)21(16)24/h2-6,13,27H,7-12,14-15H2,1H3. The summed E-state index contributed by atoms with van der Waals surface area (Å²) in [5.74, 6) is -0.819. The van der Waals surface area contributed by atoms with Gasteiger partial charge in [-0.2, -0.15) is 0 Å². The van der Waals surface area contributed by atoms with Gasteiger partial charge in [-0.1, -0.05) is 18.2 Å². The molecule has 4 nitrogen and oxygen atoms in total. The van der Waals surface area contributed by atoms with Crippen LogP contribution < -0.4 is 4.74 Å². The topological polar surface area (TPSA) is 35.9 Å². The molecule has 0 radical (unpaired) electrons. The lowest BCUT2D eigenvalue weighted by molar-refractivity contribution is -0.0204. The number of hydrogen-bond donors (Lipinski definition) is 1. The second-order valence-corrected chi connectivity index (χ2v) is 7.93. The molecule has 2 aromatic rings. The number of benzene rings is 2. The first-order valence-electron chi connectivity index (χ1n) is 9.77. The largest absolute Gasteiger partial charge is 0.492 e. The summed E-state index contributed by atoms with van der Waals surface area (Å²) in [6, 6.07) is 10.2. The van der Waals surface area contributed by atoms with Crippen LogP contribution in [-0.4, -0.2) is 48.2 Å². The summed E-state index contributed by atoms with van der Waals surface area (Å²) >= 11 is 0. The maximum Gasteiger partial charge on any atom is 0.163 e. The number of piperidine rings is 1. The van der Waals surface area contributed by atoms with Crippen LogP contribution in [0.3, 0.4) is 0 Å². The Kier molecular flexibility index (Phi) is 5.36. The van der Waals surface area contributed by atoms with Crippen molar-refractivity contribution >= 4 is 0 Å². The van der Waals surface area contributed by atoms with Crippen molar-refractivity contribution in [2.24, 2.45) is 0 Å². The summed E-state index contributed by atoms with van der Waals surface area (Å²) in [6.07, 6.45) is 1.39. The van der Waals surface area contributed by atoms with Crippen LogP contribution in [0.2, 0.25) is 0 Å². The number of likely N-dealkylation sites (tertiary alicyclic amines) is 1. The summed E-state index contributed by atoms with van der Waals surface area (Å²) in [5.41, 5.74) is 1.39. The number of rotatable bonds is 3. The lowest BCUT2D eigenvalue weighted by atomic mass is 9.84. The van der Waals surface area contributed by atoms with E-state index in [1.807, 2.05) is 23.1 Å². The van der Waals surface area contributed by atoms with Gasteiger partial charge in [-0.05, 0) is 43.7 Å². The van der Waals surface area contributed by atoms with Crippen LogP contribution in [0.4, 0.5) is 8.78 Å². The number of fused-ring (bicyclic) bond motifs is 1. The monoisotopic (exact) mass is 388 g/mol. The maximum atomic E-state index is 14.1. The Labute approximate surface area is 164 Å². The zero-order valence-electron chi connectivity index (χ0n) is 16.1. The normalized spacial score (nSPS) is 20.3. The molecule has 150 valence electrons. The molecule has 0 saturated carbocycles. The fourth-order valence-corrected chi connectivity index (χ4v) is 4.06. The highest BCUT2D eigenvalue weighted by Crippen LogP contribution is 2.36. The summed E-state index contributed by atoms with van der Waals surface area (Å²) < 4.78 is 33.5. The van der Waals surface area contributed by atoms with Crippen LogP contribution in [0.15, 0.2) is 36.4 Å². The van der Waals surface area contributed by atoms with E-state index in [4.69, 9.17) is 4.74 Å². The molecule has 0 atom stereocenters. The van der Waals surface area contributed by atoms with Crippen molar-refractivity contribution in [1.29, 1.82) is 0 Å². The molecule has 1 saturated heterocycles. The first kappa shape index (κ1) is 19.3. The molecule has 0 aliphatic carbocycles. The van der Waals surface area contributed by atoms with Crippen molar-refractivity contribution in [2.45, 2.75) is 31.5 Å². The van der Waals surface area contributed by atoms with E-state index in [2.05, 4.69) is 11.9 Å². The third-order valence-electron chi connectivity index (χ3n) is 5.90. The number of ether oxygens (including phenoxy) is 1. The summed E-state index contributed by atoms with van der Waals surface area (Å²) in [6.45, 7) is 3.69. The zero-order valence-corrected chi connectivity index (χ0v) is 16.1. The lowest BCUT2D eigenvalue weighted by Crippen LogP contribution is -2.40. The highest BCUT2D eigenvalue weighted by molar-refractivity contribution is 5.40. The molecule has 1 N–H and O–H groups in total. The van der Waals surface area contributed by atoms with Crippen molar-refractivity contribution in [1.82, 2.24) is 9.80 Å². The second kappa shape index (κ2) is 7.78.